The Morgan fingerprint density at radius 2 is 1.42 bits per heavy atom. The van der Waals surface area contributed by atoms with Gasteiger partial charge in [0.25, 0.3) is 0 Å². The van der Waals surface area contributed by atoms with Crippen molar-refractivity contribution in [1.82, 2.24) is 19.3 Å². The summed E-state index contributed by atoms with van der Waals surface area (Å²) in [7, 11) is 0. The molecule has 0 unspecified atom stereocenters. The fraction of sp³-hybridized carbons (Fsp3) is 0.200. The number of fused-ring (bicyclic) bond motifs is 3. The van der Waals surface area contributed by atoms with Crippen LogP contribution in [0.2, 0.25) is 0 Å². The molecule has 0 saturated carbocycles. The van der Waals surface area contributed by atoms with Gasteiger partial charge in [-0.2, -0.15) is 43.6 Å². The summed E-state index contributed by atoms with van der Waals surface area (Å²) in [6, 6.07) is 26.9. The van der Waals surface area contributed by atoms with Crippen LogP contribution in [0, 0.1) is 32.9 Å². The number of benzene rings is 4. The minimum absolute atomic E-state index is 0. The predicted octanol–water partition coefficient (Wildman–Crippen LogP) is 11.5. The van der Waals surface area contributed by atoms with Crippen molar-refractivity contribution in [2.45, 2.75) is 52.9 Å². The van der Waals surface area contributed by atoms with E-state index >= 15 is 0 Å². The molecule has 0 fully saturated rings. The molecule has 0 aliphatic carbocycles. The van der Waals surface area contributed by atoms with Crippen molar-refractivity contribution in [2.24, 2.45) is 0 Å². The van der Waals surface area contributed by atoms with Gasteiger partial charge in [0.1, 0.15) is 5.82 Å². The number of nitrogens with zero attached hydrogens (tertiary/aromatic N) is 4. The van der Waals surface area contributed by atoms with E-state index in [1.54, 1.807) is 30.5 Å². The molecule has 3 heterocycles. The van der Waals surface area contributed by atoms with Crippen molar-refractivity contribution in [2.75, 3.05) is 0 Å². The number of hydrogen-bond donors (Lipinski definition) is 0. The van der Waals surface area contributed by atoms with Crippen LogP contribution < -0.4 is 4.74 Å². The van der Waals surface area contributed by atoms with E-state index in [4.69, 9.17) is 4.74 Å². The van der Waals surface area contributed by atoms with Gasteiger partial charge in [0.05, 0.1) is 17.3 Å². The Morgan fingerprint density at radius 3 is 2.10 bits per heavy atom. The topological polar surface area (TPSA) is 44.9 Å². The number of para-hydroxylation sites is 1. The van der Waals surface area contributed by atoms with Gasteiger partial charge in [-0.3, -0.25) is 4.68 Å². The van der Waals surface area contributed by atoms with Gasteiger partial charge < -0.3 is 9.30 Å². The summed E-state index contributed by atoms with van der Waals surface area (Å²) in [4.78, 5) is 4.66. The van der Waals surface area contributed by atoms with Gasteiger partial charge >= 0.3 is 33.4 Å². The quantitative estimate of drug-likeness (QED) is 0.123. The molecule has 0 aliphatic heterocycles. The second kappa shape index (κ2) is 13.6. The van der Waals surface area contributed by atoms with Gasteiger partial charge in [-0.05, 0) is 78.2 Å². The molecule has 268 valence electrons. The van der Waals surface area contributed by atoms with Crippen LogP contribution in [0.4, 0.5) is 26.3 Å². The molecular formula is C40H30F6N4OPt. The van der Waals surface area contributed by atoms with Crippen LogP contribution in [0.1, 0.15) is 53.1 Å². The summed E-state index contributed by atoms with van der Waals surface area (Å²) >= 11 is 0. The zero-order valence-corrected chi connectivity index (χ0v) is 30.7. The molecule has 7 rings (SSSR count). The van der Waals surface area contributed by atoms with Gasteiger partial charge in [-0.25, -0.2) is 4.98 Å². The second-order valence-corrected chi connectivity index (χ2v) is 12.7. The molecule has 0 N–H and O–H groups in total. The number of aromatic nitrogens is 4. The molecule has 0 amide bonds. The Balaban J connectivity index is 0.00000464. The molecule has 12 heteroatoms. The zero-order valence-electron chi connectivity index (χ0n) is 28.4. The fourth-order valence-corrected chi connectivity index (χ4v) is 6.57. The normalized spacial score (nSPS) is 12.2. The third-order valence-corrected chi connectivity index (χ3v) is 9.26. The zero-order chi connectivity index (χ0) is 36.4. The van der Waals surface area contributed by atoms with Crippen molar-refractivity contribution in [3.05, 3.63) is 131 Å². The predicted molar refractivity (Wildman–Crippen MR) is 184 cm³/mol. The van der Waals surface area contributed by atoms with Gasteiger partial charge in [0, 0.05) is 40.5 Å². The van der Waals surface area contributed by atoms with Gasteiger partial charge in [-0.1, -0.05) is 37.6 Å². The minimum atomic E-state index is -5.05. The Morgan fingerprint density at radius 1 is 0.750 bits per heavy atom. The van der Waals surface area contributed by atoms with E-state index in [0.717, 1.165) is 45.6 Å². The Kier molecular flexibility index (Phi) is 9.63. The number of rotatable bonds is 6. The van der Waals surface area contributed by atoms with Crippen LogP contribution in [-0.2, 0) is 33.4 Å². The maximum absolute atomic E-state index is 14.4. The Bertz CT molecular complexity index is 2420. The molecule has 0 aliphatic rings. The van der Waals surface area contributed by atoms with Crippen LogP contribution in [0.15, 0.2) is 85.3 Å². The standard InChI is InChI=1S/C40H30F6N4O.Pt/c1-22(2)26-15-16-47-35(17-26)50-33-12-7-6-11-31(33)32-14-13-30(19-34(32)50)51-29-10-8-9-28(18-29)49-21-27(20-48-49)36-37(39(41,42)43)24(4)23(3)25(5)38(36)40(44,45)46;/h6-17,20-22H,1-5H3;/q-2;+2. The van der Waals surface area contributed by atoms with Crippen molar-refractivity contribution in [1.29, 1.82) is 0 Å². The summed E-state index contributed by atoms with van der Waals surface area (Å²) in [5, 5.41) is 6.10. The number of hydrogen-bond acceptors (Lipinski definition) is 3. The molecule has 0 saturated heterocycles. The molecule has 0 spiro atoms. The smallest absolute Gasteiger partial charge is 0.509 e. The first-order chi connectivity index (χ1) is 24.1. The van der Waals surface area contributed by atoms with Crippen LogP contribution in [-0.4, -0.2) is 19.3 Å². The summed E-state index contributed by atoms with van der Waals surface area (Å²) in [5.41, 5.74) is -1.53. The van der Waals surface area contributed by atoms with E-state index in [2.05, 4.69) is 36.1 Å². The molecular weight excluding hydrogens is 862 g/mol. The van der Waals surface area contributed by atoms with E-state index in [1.807, 2.05) is 47.0 Å². The number of alkyl halides is 6. The minimum Gasteiger partial charge on any atom is -0.509 e. The fourth-order valence-electron chi connectivity index (χ4n) is 6.57. The van der Waals surface area contributed by atoms with Crippen molar-refractivity contribution >= 4 is 21.8 Å². The summed E-state index contributed by atoms with van der Waals surface area (Å²) in [6.07, 6.45) is -6.18. The Labute approximate surface area is 310 Å². The van der Waals surface area contributed by atoms with Gasteiger partial charge in [-0.15, -0.1) is 35.7 Å². The Hall–Kier alpha value is -4.89. The molecule has 0 bridgehead atoms. The van der Waals surface area contributed by atoms with Crippen molar-refractivity contribution in [3.8, 4) is 34.1 Å². The third-order valence-electron chi connectivity index (χ3n) is 9.26. The maximum Gasteiger partial charge on any atom is 2.00 e. The number of halogens is 6. The summed E-state index contributed by atoms with van der Waals surface area (Å²) in [6.45, 7) is 7.85. The summed E-state index contributed by atoms with van der Waals surface area (Å²) < 4.78 is 95.6. The first-order valence-corrected chi connectivity index (χ1v) is 16.1. The molecule has 0 atom stereocenters. The average molecular weight is 892 g/mol. The summed E-state index contributed by atoms with van der Waals surface area (Å²) in [5.74, 6) is 1.61. The van der Waals surface area contributed by atoms with Crippen LogP contribution in [0.5, 0.6) is 11.5 Å². The number of pyridine rings is 1. The number of ether oxygens (including phenoxy) is 1. The van der Waals surface area contributed by atoms with E-state index < -0.39 is 29.0 Å². The SMILES string of the molecule is Cc1c(C)c(C(F)(F)F)c(-c2cnn(-c3[c-]c(Oc4[c-]c5c(cc4)c4ccccc4n5-c4cc(C(C)C)ccn4)ccc3)c2)c(C(F)(F)F)c1C.[Pt+2]. The second-order valence-electron chi connectivity index (χ2n) is 12.7. The van der Waals surface area contributed by atoms with Gasteiger partial charge in [0.2, 0.25) is 0 Å². The monoisotopic (exact) mass is 891 g/mol. The largest absolute Gasteiger partial charge is 2.00 e. The molecule has 0 radical (unpaired) electrons. The molecule has 4 aromatic carbocycles. The maximum atomic E-state index is 14.4. The molecule has 7 aromatic rings. The first kappa shape index (κ1) is 36.9. The van der Waals surface area contributed by atoms with Crippen LogP contribution in [0.3, 0.4) is 0 Å². The van der Waals surface area contributed by atoms with Crippen LogP contribution in [0.25, 0.3) is 44.4 Å². The average Bonchev–Trinajstić information content (AvgIpc) is 3.69. The van der Waals surface area contributed by atoms with Crippen molar-refractivity contribution in [3.63, 3.8) is 0 Å². The van der Waals surface area contributed by atoms with E-state index in [-0.39, 0.29) is 54.8 Å². The van der Waals surface area contributed by atoms with Gasteiger partial charge in [0.15, 0.2) is 0 Å². The van der Waals surface area contributed by atoms with E-state index in [1.165, 1.54) is 25.5 Å². The van der Waals surface area contributed by atoms with Crippen LogP contribution >= 0.6 is 0 Å². The van der Waals surface area contributed by atoms with E-state index in [0.29, 0.717) is 11.7 Å². The molecule has 5 nitrogen and oxygen atoms in total. The molecule has 52 heavy (non-hydrogen) atoms. The third kappa shape index (κ3) is 6.51. The molecule has 3 aromatic heterocycles. The van der Waals surface area contributed by atoms with Crippen molar-refractivity contribution < 1.29 is 52.1 Å². The van der Waals surface area contributed by atoms with E-state index in [9.17, 15) is 26.3 Å². The first-order valence-electron chi connectivity index (χ1n) is 16.1.